The molecule has 0 bridgehead atoms. The number of methoxy groups -OCH3 is 1. The molecule has 142 valence electrons. The summed E-state index contributed by atoms with van der Waals surface area (Å²) in [4.78, 5) is 17.9. The van der Waals surface area contributed by atoms with Gasteiger partial charge >= 0.3 is 0 Å². The first-order valence-electron chi connectivity index (χ1n) is 8.97. The molecule has 2 aromatic heterocycles. The van der Waals surface area contributed by atoms with E-state index in [0.717, 1.165) is 22.0 Å². The van der Waals surface area contributed by atoms with Gasteiger partial charge in [-0.1, -0.05) is 35.9 Å². The highest BCUT2D eigenvalue weighted by molar-refractivity contribution is 7.15. The lowest BCUT2D eigenvalue weighted by Crippen LogP contribution is -2.26. The number of para-hydroxylation sites is 1. The van der Waals surface area contributed by atoms with Crippen LogP contribution in [0.1, 0.15) is 21.6 Å². The summed E-state index contributed by atoms with van der Waals surface area (Å²) in [5.74, 6) is 1.13. The van der Waals surface area contributed by atoms with Gasteiger partial charge in [-0.05, 0) is 25.1 Å². The molecule has 7 heteroatoms. The molecule has 1 amide bonds. The molecule has 0 atom stereocenters. The summed E-state index contributed by atoms with van der Waals surface area (Å²) in [6, 6.07) is 15.3. The number of fused-ring (bicyclic) bond motifs is 1. The molecule has 4 rings (SSSR count). The molecule has 0 spiro atoms. The molecule has 28 heavy (non-hydrogen) atoms. The Morgan fingerprint density at radius 2 is 2.07 bits per heavy atom. The number of benzene rings is 2. The third kappa shape index (κ3) is 3.61. The average Bonchev–Trinajstić information content (AvgIpc) is 3.29. The zero-order chi connectivity index (χ0) is 19.5. The van der Waals surface area contributed by atoms with E-state index in [1.807, 2.05) is 34.2 Å². The Kier molecular flexibility index (Phi) is 5.08. The summed E-state index contributed by atoms with van der Waals surface area (Å²) < 4.78 is 7.11. The van der Waals surface area contributed by atoms with E-state index in [0.29, 0.717) is 24.3 Å². The van der Waals surface area contributed by atoms with Crippen LogP contribution in [-0.2, 0) is 6.42 Å². The lowest BCUT2D eigenvalue weighted by Gasteiger charge is -2.08. The van der Waals surface area contributed by atoms with Gasteiger partial charge in [-0.2, -0.15) is 4.98 Å². The second-order valence-corrected chi connectivity index (χ2v) is 7.27. The number of thiazole rings is 1. The summed E-state index contributed by atoms with van der Waals surface area (Å²) in [5.41, 5.74) is 3.73. The molecule has 0 aliphatic rings. The minimum Gasteiger partial charge on any atom is -0.496 e. The summed E-state index contributed by atoms with van der Waals surface area (Å²) in [5, 5.41) is 9.63. The minimum absolute atomic E-state index is 0.150. The Bertz CT molecular complexity index is 1130. The normalized spacial score (nSPS) is 10.9. The van der Waals surface area contributed by atoms with Gasteiger partial charge in [-0.3, -0.25) is 4.79 Å². The maximum absolute atomic E-state index is 12.4. The van der Waals surface area contributed by atoms with Gasteiger partial charge in [-0.15, -0.1) is 16.4 Å². The number of aryl methyl sites for hydroxylation is 1. The van der Waals surface area contributed by atoms with Gasteiger partial charge in [0.15, 0.2) is 5.82 Å². The second-order valence-electron chi connectivity index (χ2n) is 6.43. The smallest absolute Gasteiger partial charge is 0.255 e. The molecule has 6 nitrogen and oxygen atoms in total. The van der Waals surface area contributed by atoms with Crippen LogP contribution in [0.15, 0.2) is 53.9 Å². The first-order valence-corrected chi connectivity index (χ1v) is 9.85. The molecule has 0 unspecified atom stereocenters. The SMILES string of the molecule is COc1ccccc1C(=O)NCCc1csc2nc(-c3cccc(C)c3)nn12. The van der Waals surface area contributed by atoms with Crippen LogP contribution in [0, 0.1) is 6.92 Å². The molecule has 0 radical (unpaired) electrons. The van der Waals surface area contributed by atoms with Crippen molar-refractivity contribution in [3.8, 4) is 17.1 Å². The number of rotatable bonds is 6. The number of hydrogen-bond donors (Lipinski definition) is 1. The van der Waals surface area contributed by atoms with E-state index in [2.05, 4.69) is 34.5 Å². The largest absolute Gasteiger partial charge is 0.496 e. The lowest BCUT2D eigenvalue weighted by atomic mass is 10.1. The zero-order valence-electron chi connectivity index (χ0n) is 15.7. The highest BCUT2D eigenvalue weighted by Gasteiger charge is 2.13. The molecule has 0 aliphatic carbocycles. The van der Waals surface area contributed by atoms with Crippen molar-refractivity contribution >= 4 is 22.2 Å². The quantitative estimate of drug-likeness (QED) is 0.543. The Balaban J connectivity index is 1.46. The predicted molar refractivity (Wildman–Crippen MR) is 110 cm³/mol. The zero-order valence-corrected chi connectivity index (χ0v) is 16.5. The van der Waals surface area contributed by atoms with E-state index in [-0.39, 0.29) is 5.91 Å². The monoisotopic (exact) mass is 392 g/mol. The Morgan fingerprint density at radius 1 is 1.21 bits per heavy atom. The molecular formula is C21H20N4O2S. The number of carbonyl (C=O) groups excluding carboxylic acids is 1. The van der Waals surface area contributed by atoms with Crippen LogP contribution < -0.4 is 10.1 Å². The third-order valence-corrected chi connectivity index (χ3v) is 5.31. The van der Waals surface area contributed by atoms with Crippen molar-refractivity contribution in [2.75, 3.05) is 13.7 Å². The maximum Gasteiger partial charge on any atom is 0.255 e. The predicted octanol–water partition coefficient (Wildman–Crippen LogP) is 3.75. The number of ether oxygens (including phenoxy) is 1. The lowest BCUT2D eigenvalue weighted by molar-refractivity contribution is 0.0951. The number of nitrogens with zero attached hydrogens (tertiary/aromatic N) is 3. The van der Waals surface area contributed by atoms with Crippen LogP contribution >= 0.6 is 11.3 Å². The van der Waals surface area contributed by atoms with E-state index < -0.39 is 0 Å². The van der Waals surface area contributed by atoms with Crippen LogP contribution in [0.4, 0.5) is 0 Å². The minimum atomic E-state index is -0.150. The van der Waals surface area contributed by atoms with Crippen molar-refractivity contribution in [2.45, 2.75) is 13.3 Å². The topological polar surface area (TPSA) is 68.5 Å². The van der Waals surface area contributed by atoms with Crippen molar-refractivity contribution in [3.63, 3.8) is 0 Å². The van der Waals surface area contributed by atoms with E-state index in [9.17, 15) is 4.79 Å². The molecule has 2 heterocycles. The number of aromatic nitrogens is 3. The third-order valence-electron chi connectivity index (χ3n) is 4.44. The van der Waals surface area contributed by atoms with E-state index in [1.54, 1.807) is 30.6 Å². The second kappa shape index (κ2) is 7.82. The van der Waals surface area contributed by atoms with Gasteiger partial charge in [0.25, 0.3) is 5.91 Å². The molecule has 0 saturated carbocycles. The van der Waals surface area contributed by atoms with Crippen LogP contribution in [0.25, 0.3) is 16.3 Å². The van der Waals surface area contributed by atoms with Crippen LogP contribution in [0.2, 0.25) is 0 Å². The Hall–Kier alpha value is -3.19. The fraction of sp³-hybridized carbons (Fsp3) is 0.190. The van der Waals surface area contributed by atoms with Crippen molar-refractivity contribution in [1.82, 2.24) is 19.9 Å². The highest BCUT2D eigenvalue weighted by Crippen LogP contribution is 2.22. The van der Waals surface area contributed by atoms with Gasteiger partial charge in [0.05, 0.1) is 18.4 Å². The summed E-state index contributed by atoms with van der Waals surface area (Å²) in [7, 11) is 1.56. The molecular weight excluding hydrogens is 372 g/mol. The van der Waals surface area contributed by atoms with Crippen molar-refractivity contribution < 1.29 is 9.53 Å². The van der Waals surface area contributed by atoms with Gasteiger partial charge in [0.1, 0.15) is 5.75 Å². The van der Waals surface area contributed by atoms with E-state index in [4.69, 9.17) is 4.74 Å². The molecule has 0 fully saturated rings. The number of carbonyl (C=O) groups is 1. The Morgan fingerprint density at radius 3 is 2.89 bits per heavy atom. The maximum atomic E-state index is 12.4. The molecule has 2 aromatic carbocycles. The number of hydrogen-bond acceptors (Lipinski definition) is 5. The standard InChI is InChI=1S/C21H20N4O2S/c1-14-6-5-7-15(12-14)19-23-21-25(24-19)16(13-28-21)10-11-22-20(26)17-8-3-4-9-18(17)27-2/h3-9,12-13H,10-11H2,1-2H3,(H,22,26). The number of nitrogens with one attached hydrogen (secondary N) is 1. The average molecular weight is 392 g/mol. The van der Waals surface area contributed by atoms with Gasteiger partial charge in [0, 0.05) is 23.9 Å². The first-order chi connectivity index (χ1) is 13.7. The van der Waals surface area contributed by atoms with E-state index in [1.165, 1.54) is 5.56 Å². The van der Waals surface area contributed by atoms with Crippen molar-refractivity contribution in [1.29, 1.82) is 0 Å². The molecule has 1 N–H and O–H groups in total. The summed E-state index contributed by atoms with van der Waals surface area (Å²) in [6.45, 7) is 2.56. The fourth-order valence-corrected chi connectivity index (χ4v) is 3.89. The first kappa shape index (κ1) is 18.2. The highest BCUT2D eigenvalue weighted by atomic mass is 32.1. The van der Waals surface area contributed by atoms with Crippen LogP contribution in [-0.4, -0.2) is 34.2 Å². The van der Waals surface area contributed by atoms with Crippen LogP contribution in [0.5, 0.6) is 5.75 Å². The molecule has 0 saturated heterocycles. The van der Waals surface area contributed by atoms with Gasteiger partial charge in [-0.25, -0.2) is 4.52 Å². The Labute approximate surface area is 166 Å². The van der Waals surface area contributed by atoms with Gasteiger partial charge in [0.2, 0.25) is 4.96 Å². The molecule has 0 aliphatic heterocycles. The summed E-state index contributed by atoms with van der Waals surface area (Å²) in [6.07, 6.45) is 0.664. The number of amides is 1. The van der Waals surface area contributed by atoms with Crippen molar-refractivity contribution in [3.05, 3.63) is 70.7 Å². The van der Waals surface area contributed by atoms with E-state index >= 15 is 0 Å². The van der Waals surface area contributed by atoms with Crippen LogP contribution in [0.3, 0.4) is 0 Å². The van der Waals surface area contributed by atoms with Crippen molar-refractivity contribution in [2.24, 2.45) is 0 Å². The molecule has 4 aromatic rings. The summed E-state index contributed by atoms with van der Waals surface area (Å²) >= 11 is 1.55. The van der Waals surface area contributed by atoms with Gasteiger partial charge < -0.3 is 10.1 Å². The fourth-order valence-electron chi connectivity index (χ4n) is 3.03.